The highest BCUT2D eigenvalue weighted by Gasteiger charge is 2.46. The summed E-state index contributed by atoms with van der Waals surface area (Å²) >= 11 is 0. The molecule has 5 amide bonds. The van der Waals surface area contributed by atoms with Gasteiger partial charge in [-0.15, -0.1) is 0 Å². The fraction of sp³-hybridized carbons (Fsp3) is 0.333. The second kappa shape index (κ2) is 14.1. The van der Waals surface area contributed by atoms with Gasteiger partial charge in [0.15, 0.2) is 0 Å². The van der Waals surface area contributed by atoms with Crippen LogP contribution in [0.4, 0.5) is 22.7 Å². The molecular weight excluding hydrogens is 735 g/mol. The van der Waals surface area contributed by atoms with E-state index in [1.165, 1.54) is 12.8 Å². The molecule has 0 spiro atoms. The van der Waals surface area contributed by atoms with E-state index in [1.807, 2.05) is 26.0 Å². The molecule has 4 aromatic rings. The Labute approximate surface area is 336 Å². The van der Waals surface area contributed by atoms with E-state index in [0.29, 0.717) is 34.0 Å². The monoisotopic (exact) mass is 777 g/mol. The maximum Gasteiger partial charge on any atom is 0.262 e. The van der Waals surface area contributed by atoms with Crippen molar-refractivity contribution in [2.24, 2.45) is 5.92 Å². The van der Waals surface area contributed by atoms with E-state index >= 15 is 0 Å². The molecule has 0 aromatic heterocycles. The largest absolute Gasteiger partial charge is 0.495 e. The summed E-state index contributed by atoms with van der Waals surface area (Å²) in [7, 11) is 1.52. The predicted octanol–water partition coefficient (Wildman–Crippen LogP) is 4.85. The lowest BCUT2D eigenvalue weighted by molar-refractivity contribution is -0.136. The zero-order chi connectivity index (χ0) is 40.5. The Balaban J connectivity index is 0.789. The zero-order valence-electron chi connectivity index (χ0n) is 32.7. The van der Waals surface area contributed by atoms with E-state index < -0.39 is 35.1 Å². The van der Waals surface area contributed by atoms with Crippen molar-refractivity contribution in [1.29, 1.82) is 5.26 Å². The van der Waals surface area contributed by atoms with Crippen LogP contribution in [0, 0.1) is 17.2 Å². The number of piperidine rings is 1. The van der Waals surface area contributed by atoms with Crippen LogP contribution in [0.15, 0.2) is 78.9 Å². The molecule has 5 aliphatic heterocycles. The summed E-state index contributed by atoms with van der Waals surface area (Å²) in [5.74, 6) is -1.02. The van der Waals surface area contributed by atoms with Gasteiger partial charge in [0.05, 0.1) is 40.6 Å². The van der Waals surface area contributed by atoms with Crippen LogP contribution in [0.25, 0.3) is 11.1 Å². The van der Waals surface area contributed by atoms with E-state index in [2.05, 4.69) is 62.5 Å². The summed E-state index contributed by atoms with van der Waals surface area (Å²) in [6, 6.07) is 26.5. The highest BCUT2D eigenvalue weighted by Crippen LogP contribution is 2.47. The number of ether oxygens (including phenoxy) is 1. The molecule has 13 nitrogen and oxygen atoms in total. The van der Waals surface area contributed by atoms with Crippen LogP contribution in [0.2, 0.25) is 0 Å². The quantitative estimate of drug-likeness (QED) is 0.247. The second-order valence-corrected chi connectivity index (χ2v) is 16.3. The number of nitrogens with zero attached hydrogens (tertiary/aromatic N) is 6. The van der Waals surface area contributed by atoms with Crippen LogP contribution in [0.3, 0.4) is 0 Å². The summed E-state index contributed by atoms with van der Waals surface area (Å²) < 4.78 is 5.42. The van der Waals surface area contributed by atoms with Crippen molar-refractivity contribution in [3.8, 4) is 22.9 Å². The maximum atomic E-state index is 13.8. The molecule has 4 aromatic carbocycles. The summed E-state index contributed by atoms with van der Waals surface area (Å²) in [5.41, 5.74) is 6.90. The molecular formula is C45H43N7O6. The summed E-state index contributed by atoms with van der Waals surface area (Å²) in [4.78, 5) is 74.1. The third kappa shape index (κ3) is 6.15. The molecule has 0 radical (unpaired) electrons. The third-order valence-electron chi connectivity index (χ3n) is 12.4. The average Bonchev–Trinajstić information content (AvgIpc) is 3.58. The number of nitrogens with one attached hydrogen (secondary N) is 1. The first-order valence-corrected chi connectivity index (χ1v) is 19.7. The second-order valence-electron chi connectivity index (χ2n) is 16.3. The van der Waals surface area contributed by atoms with Gasteiger partial charge in [-0.25, -0.2) is 0 Å². The van der Waals surface area contributed by atoms with E-state index in [1.54, 1.807) is 35.2 Å². The van der Waals surface area contributed by atoms with E-state index in [9.17, 15) is 29.2 Å². The van der Waals surface area contributed by atoms with Crippen LogP contribution in [0.5, 0.6) is 5.75 Å². The van der Waals surface area contributed by atoms with Gasteiger partial charge in [0.1, 0.15) is 17.9 Å². The maximum absolute atomic E-state index is 13.8. The number of fused-ring (bicyclic) bond motifs is 2. The van der Waals surface area contributed by atoms with Crippen LogP contribution >= 0.6 is 0 Å². The molecule has 294 valence electrons. The molecule has 1 N–H and O–H groups in total. The van der Waals surface area contributed by atoms with Gasteiger partial charge >= 0.3 is 0 Å². The van der Waals surface area contributed by atoms with Gasteiger partial charge in [-0.05, 0) is 91.6 Å². The third-order valence-corrected chi connectivity index (χ3v) is 12.4. The SMILES string of the molecule is COc1cc(N2C(=O)C(C)(C)c3cc(-c4ccc(N5CC(CN6CCN(c7ccc8c(c7)C(=O)N(C7CCC(=O)NC7=O)C8=O)CC6)C5)cc4)ccc32)ccc1C#N. The van der Waals surface area contributed by atoms with Crippen LogP contribution in [-0.2, 0) is 19.8 Å². The van der Waals surface area contributed by atoms with Crippen molar-refractivity contribution in [1.82, 2.24) is 15.1 Å². The minimum absolute atomic E-state index is 0.0342. The fourth-order valence-corrected chi connectivity index (χ4v) is 9.05. The van der Waals surface area contributed by atoms with Crippen LogP contribution in [-0.4, -0.2) is 98.3 Å². The minimum atomic E-state index is -0.974. The van der Waals surface area contributed by atoms with Crippen molar-refractivity contribution < 1.29 is 28.7 Å². The highest BCUT2D eigenvalue weighted by atomic mass is 16.5. The Morgan fingerprint density at radius 3 is 2.17 bits per heavy atom. The first kappa shape index (κ1) is 37.1. The van der Waals surface area contributed by atoms with E-state index in [4.69, 9.17) is 4.74 Å². The number of piperazine rings is 1. The Bertz CT molecular complexity index is 2440. The molecule has 9 rings (SSSR count). The Hall–Kier alpha value is -6.52. The topological polar surface area (TPSA) is 147 Å². The first-order valence-electron chi connectivity index (χ1n) is 19.7. The number of imide groups is 2. The molecule has 58 heavy (non-hydrogen) atoms. The number of hydrogen-bond donors (Lipinski definition) is 1. The number of carbonyl (C=O) groups excluding carboxylic acids is 5. The van der Waals surface area contributed by atoms with Gasteiger partial charge in [0.2, 0.25) is 17.7 Å². The number of rotatable bonds is 8. The molecule has 0 aliphatic carbocycles. The van der Waals surface area contributed by atoms with E-state index in [0.717, 1.165) is 78.8 Å². The van der Waals surface area contributed by atoms with Crippen LogP contribution in [0.1, 0.15) is 58.5 Å². The summed E-state index contributed by atoms with van der Waals surface area (Å²) in [6.07, 6.45) is 0.226. The summed E-state index contributed by atoms with van der Waals surface area (Å²) in [6.45, 7) is 10.2. The molecule has 3 fully saturated rings. The Morgan fingerprint density at radius 2 is 1.47 bits per heavy atom. The van der Waals surface area contributed by atoms with Gasteiger partial charge in [0.25, 0.3) is 11.8 Å². The molecule has 0 bridgehead atoms. The van der Waals surface area contributed by atoms with Gasteiger partial charge in [-0.2, -0.15) is 5.26 Å². The van der Waals surface area contributed by atoms with Gasteiger partial charge in [-0.3, -0.25) is 44.0 Å². The van der Waals surface area contributed by atoms with Gasteiger partial charge < -0.3 is 14.5 Å². The molecule has 5 heterocycles. The first-order chi connectivity index (χ1) is 27.9. The molecule has 13 heteroatoms. The number of benzene rings is 4. The lowest BCUT2D eigenvalue weighted by Crippen LogP contribution is -2.55. The smallest absolute Gasteiger partial charge is 0.262 e. The molecule has 1 unspecified atom stereocenters. The predicted molar refractivity (Wildman–Crippen MR) is 217 cm³/mol. The number of amides is 5. The number of hydrogen-bond acceptors (Lipinski definition) is 10. The summed E-state index contributed by atoms with van der Waals surface area (Å²) in [5, 5.41) is 11.7. The molecule has 0 saturated carbocycles. The number of carbonyl (C=O) groups is 5. The van der Waals surface area contributed by atoms with Crippen molar-refractivity contribution in [3.05, 3.63) is 101 Å². The van der Waals surface area contributed by atoms with Crippen molar-refractivity contribution in [2.75, 3.05) is 67.6 Å². The number of nitriles is 1. The fourth-order valence-electron chi connectivity index (χ4n) is 9.05. The lowest BCUT2D eigenvalue weighted by atomic mass is 9.84. The Morgan fingerprint density at radius 1 is 0.776 bits per heavy atom. The molecule has 3 saturated heterocycles. The average molecular weight is 778 g/mol. The van der Waals surface area contributed by atoms with Gasteiger partial charge in [-0.1, -0.05) is 18.2 Å². The number of methoxy groups -OCH3 is 1. The van der Waals surface area contributed by atoms with E-state index in [-0.39, 0.29) is 18.7 Å². The molecule has 5 aliphatic rings. The van der Waals surface area contributed by atoms with Crippen molar-refractivity contribution in [2.45, 2.75) is 38.1 Å². The standard InChI is InChI=1S/C45H43N7O6/c1-45(2)36-20-29(7-13-37(36)51(44(45)57)33-10-6-30(23-46)39(22-33)58-3)28-4-8-31(9-5-28)50-25-27(26-50)24-48-16-18-49(19-17-48)32-11-12-34-35(21-32)43(56)52(42(34)55)38-14-15-40(53)47-41(38)54/h4-13,20-22,27,38H,14-19,24-26H2,1-3H3,(H,47,53,54). The highest BCUT2D eigenvalue weighted by molar-refractivity contribution is 6.23. The number of anilines is 4. The van der Waals surface area contributed by atoms with Gasteiger partial charge in [0, 0.05) is 75.6 Å². The normalized spacial score (nSPS) is 20.5. The van der Waals surface area contributed by atoms with Crippen LogP contribution < -0.4 is 24.8 Å². The lowest BCUT2D eigenvalue weighted by Gasteiger charge is -2.45. The Kier molecular flexibility index (Phi) is 9.04. The van der Waals surface area contributed by atoms with Crippen molar-refractivity contribution >= 4 is 52.3 Å². The zero-order valence-corrected chi connectivity index (χ0v) is 32.7. The molecule has 1 atom stereocenters. The minimum Gasteiger partial charge on any atom is -0.495 e. The van der Waals surface area contributed by atoms with Crippen molar-refractivity contribution in [3.63, 3.8) is 0 Å².